The van der Waals surface area contributed by atoms with Crippen LogP contribution < -0.4 is 0 Å². The van der Waals surface area contributed by atoms with Crippen LogP contribution in [0.1, 0.15) is 49.2 Å². The molecule has 0 saturated carbocycles. The van der Waals surface area contributed by atoms with Gasteiger partial charge in [0.05, 0.1) is 17.9 Å². The molecule has 84 valence electrons. The van der Waals surface area contributed by atoms with Crippen LogP contribution >= 0.6 is 11.6 Å². The predicted octanol–water partition coefficient (Wildman–Crippen LogP) is 2.65. The zero-order chi connectivity index (χ0) is 10.7. The number of nitrogens with zero attached hydrogens (tertiary/aromatic N) is 2. The Morgan fingerprint density at radius 3 is 3.13 bits per heavy atom. The largest absolute Gasteiger partial charge is 0.381 e. The van der Waals surface area contributed by atoms with E-state index in [1.807, 2.05) is 0 Å². The van der Waals surface area contributed by atoms with Gasteiger partial charge in [-0.2, -0.15) is 4.98 Å². The minimum Gasteiger partial charge on any atom is -0.381 e. The first kappa shape index (κ1) is 10.9. The van der Waals surface area contributed by atoms with Crippen molar-refractivity contribution in [3.05, 3.63) is 11.7 Å². The highest BCUT2D eigenvalue weighted by atomic mass is 35.5. The van der Waals surface area contributed by atoms with E-state index in [2.05, 4.69) is 17.1 Å². The molecule has 0 aromatic carbocycles. The van der Waals surface area contributed by atoms with Crippen LogP contribution in [0.2, 0.25) is 0 Å². The zero-order valence-corrected chi connectivity index (χ0v) is 9.54. The highest BCUT2D eigenvalue weighted by Gasteiger charge is 2.25. The summed E-state index contributed by atoms with van der Waals surface area (Å²) in [6.07, 6.45) is 2.86. The fourth-order valence-electron chi connectivity index (χ4n) is 1.65. The molecule has 1 aliphatic rings. The standard InChI is InChI=1S/C10H15ClN2O2/c1-2-3-8(11)9-12-10(15-13-9)7-4-5-14-6-7/h7-8H,2-6H2,1H3. The Bertz CT molecular complexity index is 310. The smallest absolute Gasteiger partial charge is 0.232 e. The van der Waals surface area contributed by atoms with Crippen LogP contribution in [0.4, 0.5) is 0 Å². The molecule has 0 aliphatic carbocycles. The van der Waals surface area contributed by atoms with Gasteiger partial charge in [-0.25, -0.2) is 0 Å². The van der Waals surface area contributed by atoms with Gasteiger partial charge in [0.15, 0.2) is 5.82 Å². The van der Waals surface area contributed by atoms with Crippen molar-refractivity contribution in [1.29, 1.82) is 0 Å². The van der Waals surface area contributed by atoms with Crippen LogP contribution in [0.15, 0.2) is 4.52 Å². The van der Waals surface area contributed by atoms with Gasteiger partial charge in [-0.15, -0.1) is 11.6 Å². The van der Waals surface area contributed by atoms with Gasteiger partial charge in [-0.3, -0.25) is 0 Å². The molecule has 0 spiro atoms. The number of ether oxygens (including phenoxy) is 1. The molecule has 15 heavy (non-hydrogen) atoms. The van der Waals surface area contributed by atoms with Crippen molar-refractivity contribution >= 4 is 11.6 Å². The Kier molecular flexibility index (Phi) is 3.59. The van der Waals surface area contributed by atoms with Gasteiger partial charge in [-0.1, -0.05) is 18.5 Å². The third kappa shape index (κ3) is 2.49. The van der Waals surface area contributed by atoms with Crippen LogP contribution in [-0.4, -0.2) is 23.4 Å². The summed E-state index contributed by atoms with van der Waals surface area (Å²) in [7, 11) is 0. The first-order valence-corrected chi connectivity index (χ1v) is 5.80. The number of aromatic nitrogens is 2. The molecule has 0 N–H and O–H groups in total. The first-order chi connectivity index (χ1) is 7.31. The lowest BCUT2D eigenvalue weighted by atomic mass is 10.1. The number of hydrogen-bond acceptors (Lipinski definition) is 4. The maximum Gasteiger partial charge on any atom is 0.232 e. The van der Waals surface area contributed by atoms with Gasteiger partial charge in [-0.05, 0) is 12.8 Å². The minimum atomic E-state index is -0.130. The van der Waals surface area contributed by atoms with Crippen molar-refractivity contribution in [2.75, 3.05) is 13.2 Å². The van der Waals surface area contributed by atoms with Gasteiger partial charge in [0.2, 0.25) is 5.89 Å². The van der Waals surface area contributed by atoms with E-state index in [1.165, 1.54) is 0 Å². The molecule has 1 aromatic rings. The van der Waals surface area contributed by atoms with Crippen LogP contribution in [0.3, 0.4) is 0 Å². The molecule has 1 aromatic heterocycles. The quantitative estimate of drug-likeness (QED) is 0.747. The summed E-state index contributed by atoms with van der Waals surface area (Å²) < 4.78 is 10.5. The molecular formula is C10H15ClN2O2. The highest BCUT2D eigenvalue weighted by molar-refractivity contribution is 6.20. The van der Waals surface area contributed by atoms with Crippen molar-refractivity contribution in [2.24, 2.45) is 0 Å². The van der Waals surface area contributed by atoms with Crippen LogP contribution in [0.5, 0.6) is 0 Å². The maximum atomic E-state index is 6.11. The Hall–Kier alpha value is -0.610. The summed E-state index contributed by atoms with van der Waals surface area (Å²) in [5, 5.41) is 3.78. The van der Waals surface area contributed by atoms with E-state index in [4.69, 9.17) is 20.9 Å². The van der Waals surface area contributed by atoms with Crippen LogP contribution in [-0.2, 0) is 4.74 Å². The van der Waals surface area contributed by atoms with Crippen molar-refractivity contribution in [1.82, 2.24) is 10.1 Å². The number of rotatable bonds is 4. The van der Waals surface area contributed by atoms with Crippen molar-refractivity contribution < 1.29 is 9.26 Å². The molecule has 2 rings (SSSR count). The van der Waals surface area contributed by atoms with Crippen molar-refractivity contribution in [3.63, 3.8) is 0 Å². The lowest BCUT2D eigenvalue weighted by molar-refractivity contribution is 0.189. The fraction of sp³-hybridized carbons (Fsp3) is 0.800. The predicted molar refractivity (Wildman–Crippen MR) is 56.0 cm³/mol. The average molecular weight is 231 g/mol. The SMILES string of the molecule is CCCC(Cl)c1noc(C2CCOC2)n1. The first-order valence-electron chi connectivity index (χ1n) is 5.36. The van der Waals surface area contributed by atoms with Crippen LogP contribution in [0.25, 0.3) is 0 Å². The second-order valence-corrected chi connectivity index (χ2v) is 4.33. The zero-order valence-electron chi connectivity index (χ0n) is 8.78. The molecule has 2 atom stereocenters. The van der Waals surface area contributed by atoms with E-state index in [0.29, 0.717) is 18.3 Å². The number of alkyl halides is 1. The Balaban J connectivity index is 2.02. The fourth-order valence-corrected chi connectivity index (χ4v) is 1.96. The van der Waals surface area contributed by atoms with E-state index in [-0.39, 0.29) is 11.3 Å². The molecular weight excluding hydrogens is 216 g/mol. The monoisotopic (exact) mass is 230 g/mol. The molecule has 4 nitrogen and oxygen atoms in total. The molecule has 0 bridgehead atoms. The Morgan fingerprint density at radius 2 is 2.47 bits per heavy atom. The summed E-state index contributed by atoms with van der Waals surface area (Å²) in [4.78, 5) is 4.32. The third-order valence-corrected chi connectivity index (χ3v) is 2.97. The molecule has 2 unspecified atom stereocenters. The number of halogens is 1. The average Bonchev–Trinajstić information content (AvgIpc) is 2.89. The maximum absolute atomic E-state index is 6.11. The second-order valence-electron chi connectivity index (χ2n) is 3.81. The summed E-state index contributed by atoms with van der Waals surface area (Å²) >= 11 is 6.11. The summed E-state index contributed by atoms with van der Waals surface area (Å²) in [6.45, 7) is 3.55. The van der Waals surface area contributed by atoms with Gasteiger partial charge in [0, 0.05) is 6.61 Å². The molecule has 0 amide bonds. The summed E-state index contributed by atoms with van der Waals surface area (Å²) in [6, 6.07) is 0. The molecule has 0 radical (unpaired) electrons. The molecule has 5 heteroatoms. The van der Waals surface area contributed by atoms with Gasteiger partial charge in [0.1, 0.15) is 0 Å². The Morgan fingerprint density at radius 1 is 1.60 bits per heavy atom. The van der Waals surface area contributed by atoms with E-state index in [0.717, 1.165) is 25.9 Å². The van der Waals surface area contributed by atoms with Gasteiger partial charge < -0.3 is 9.26 Å². The minimum absolute atomic E-state index is 0.130. The topological polar surface area (TPSA) is 48.2 Å². The third-order valence-electron chi connectivity index (χ3n) is 2.56. The summed E-state index contributed by atoms with van der Waals surface area (Å²) in [5.41, 5.74) is 0. The van der Waals surface area contributed by atoms with Gasteiger partial charge in [0.25, 0.3) is 0 Å². The summed E-state index contributed by atoms with van der Waals surface area (Å²) in [5.74, 6) is 1.54. The van der Waals surface area contributed by atoms with Gasteiger partial charge >= 0.3 is 0 Å². The molecule has 2 heterocycles. The second kappa shape index (κ2) is 4.94. The molecule has 1 aliphatic heterocycles. The normalized spacial score (nSPS) is 23.2. The van der Waals surface area contributed by atoms with E-state index < -0.39 is 0 Å². The lowest BCUT2D eigenvalue weighted by Crippen LogP contribution is -1.99. The van der Waals surface area contributed by atoms with E-state index >= 15 is 0 Å². The highest BCUT2D eigenvalue weighted by Crippen LogP contribution is 2.27. The van der Waals surface area contributed by atoms with Crippen molar-refractivity contribution in [3.8, 4) is 0 Å². The molecule has 1 fully saturated rings. The van der Waals surface area contributed by atoms with E-state index in [1.54, 1.807) is 0 Å². The van der Waals surface area contributed by atoms with E-state index in [9.17, 15) is 0 Å². The molecule has 1 saturated heterocycles. The van der Waals surface area contributed by atoms with Crippen LogP contribution in [0, 0.1) is 0 Å². The number of hydrogen-bond donors (Lipinski definition) is 0. The lowest BCUT2D eigenvalue weighted by Gasteiger charge is -2.00. The van der Waals surface area contributed by atoms with Crippen molar-refractivity contribution in [2.45, 2.75) is 37.5 Å². The Labute approximate surface area is 93.9 Å².